The van der Waals surface area contributed by atoms with Crippen LogP contribution in [0.1, 0.15) is 19.2 Å². The first-order chi connectivity index (χ1) is 10.0. The zero-order valence-electron chi connectivity index (χ0n) is 11.7. The Kier molecular flexibility index (Phi) is 3.60. The molecule has 1 aromatic heterocycles. The third-order valence-corrected chi connectivity index (χ3v) is 3.99. The maximum atomic E-state index is 10.7. The summed E-state index contributed by atoms with van der Waals surface area (Å²) >= 11 is 0. The van der Waals surface area contributed by atoms with Gasteiger partial charge in [0.2, 0.25) is 5.89 Å². The molecule has 2 aromatic rings. The number of hydrogen-bond donors (Lipinski definition) is 1. The second-order valence-corrected chi connectivity index (χ2v) is 5.59. The van der Waals surface area contributed by atoms with Gasteiger partial charge in [0.15, 0.2) is 5.58 Å². The Hall–Kier alpha value is -1.99. The number of rotatable bonds is 3. The molecule has 7 nitrogen and oxygen atoms in total. The third kappa shape index (κ3) is 2.88. The normalized spacial score (nSPS) is 23.5. The van der Waals surface area contributed by atoms with Crippen LogP contribution in [0.25, 0.3) is 11.1 Å². The average molecular weight is 291 g/mol. The zero-order valence-corrected chi connectivity index (χ0v) is 11.7. The van der Waals surface area contributed by atoms with Crippen molar-refractivity contribution in [3.05, 3.63) is 34.2 Å². The van der Waals surface area contributed by atoms with E-state index in [1.54, 1.807) is 6.07 Å². The lowest BCUT2D eigenvalue weighted by Crippen LogP contribution is -2.42. The van der Waals surface area contributed by atoms with E-state index in [4.69, 9.17) is 4.42 Å². The number of nitrogens with zero attached hydrogens (tertiary/aromatic N) is 3. The Labute approximate surface area is 121 Å². The van der Waals surface area contributed by atoms with E-state index in [-0.39, 0.29) is 11.8 Å². The SMILES string of the molecule is CC1CCN(Cc2nc3cc([N+](=O)[O-])ccc3o2)CC1O. The van der Waals surface area contributed by atoms with Crippen molar-refractivity contribution in [3.8, 4) is 0 Å². The molecule has 2 heterocycles. The van der Waals surface area contributed by atoms with Crippen LogP contribution in [0, 0.1) is 16.0 Å². The van der Waals surface area contributed by atoms with E-state index in [2.05, 4.69) is 9.88 Å². The van der Waals surface area contributed by atoms with Crippen molar-refractivity contribution in [2.75, 3.05) is 13.1 Å². The van der Waals surface area contributed by atoms with Crippen molar-refractivity contribution in [2.24, 2.45) is 5.92 Å². The largest absolute Gasteiger partial charge is 0.439 e. The predicted molar refractivity (Wildman–Crippen MR) is 75.7 cm³/mol. The summed E-state index contributed by atoms with van der Waals surface area (Å²) in [6, 6.07) is 4.39. The molecule has 0 saturated carbocycles. The van der Waals surface area contributed by atoms with Gasteiger partial charge >= 0.3 is 0 Å². The topological polar surface area (TPSA) is 92.6 Å². The summed E-state index contributed by atoms with van der Waals surface area (Å²) in [7, 11) is 0. The maximum Gasteiger partial charge on any atom is 0.271 e. The summed E-state index contributed by atoms with van der Waals surface area (Å²) in [6.45, 7) is 4.03. The molecule has 112 valence electrons. The number of non-ortho nitro benzene ring substituents is 1. The number of nitro benzene ring substituents is 1. The Morgan fingerprint density at radius 3 is 3.10 bits per heavy atom. The van der Waals surface area contributed by atoms with Gasteiger partial charge in [0, 0.05) is 18.7 Å². The maximum absolute atomic E-state index is 10.7. The Morgan fingerprint density at radius 2 is 2.38 bits per heavy atom. The second-order valence-electron chi connectivity index (χ2n) is 5.59. The molecule has 0 aliphatic carbocycles. The highest BCUT2D eigenvalue weighted by atomic mass is 16.6. The number of benzene rings is 1. The van der Waals surface area contributed by atoms with Crippen LogP contribution in [0.5, 0.6) is 0 Å². The number of β-amino-alcohol motifs (C(OH)–C–C–N with tert-alkyl or cyclic N) is 1. The van der Waals surface area contributed by atoms with E-state index in [9.17, 15) is 15.2 Å². The number of oxazole rings is 1. The van der Waals surface area contributed by atoms with Gasteiger partial charge in [0.25, 0.3) is 5.69 Å². The third-order valence-electron chi connectivity index (χ3n) is 3.99. The lowest BCUT2D eigenvalue weighted by molar-refractivity contribution is -0.384. The summed E-state index contributed by atoms with van der Waals surface area (Å²) in [5, 5.41) is 20.6. The molecule has 3 rings (SSSR count). The minimum atomic E-state index is -0.448. The van der Waals surface area contributed by atoms with Gasteiger partial charge in [0.05, 0.1) is 17.6 Å². The van der Waals surface area contributed by atoms with Crippen LogP contribution in [0.3, 0.4) is 0 Å². The fourth-order valence-electron chi connectivity index (χ4n) is 2.59. The molecule has 1 aliphatic rings. The molecule has 1 N–H and O–H groups in total. The number of aliphatic hydroxyl groups excluding tert-OH is 1. The quantitative estimate of drug-likeness (QED) is 0.686. The first kappa shape index (κ1) is 14.0. The lowest BCUT2D eigenvalue weighted by atomic mass is 9.96. The van der Waals surface area contributed by atoms with Crippen molar-refractivity contribution in [2.45, 2.75) is 26.0 Å². The van der Waals surface area contributed by atoms with E-state index >= 15 is 0 Å². The van der Waals surface area contributed by atoms with E-state index in [0.29, 0.717) is 36.0 Å². The number of hydrogen-bond acceptors (Lipinski definition) is 6. The van der Waals surface area contributed by atoms with Gasteiger partial charge in [0.1, 0.15) is 5.52 Å². The molecular weight excluding hydrogens is 274 g/mol. The molecule has 0 radical (unpaired) electrons. The van der Waals surface area contributed by atoms with Gasteiger partial charge in [-0.2, -0.15) is 0 Å². The van der Waals surface area contributed by atoms with Gasteiger partial charge in [-0.3, -0.25) is 15.0 Å². The summed E-state index contributed by atoms with van der Waals surface area (Å²) in [6.07, 6.45) is 0.608. The number of aromatic nitrogens is 1. The van der Waals surface area contributed by atoms with Crippen LogP contribution >= 0.6 is 0 Å². The van der Waals surface area contributed by atoms with Crippen molar-refractivity contribution in [3.63, 3.8) is 0 Å². The molecule has 1 aliphatic heterocycles. The number of fused-ring (bicyclic) bond motifs is 1. The summed E-state index contributed by atoms with van der Waals surface area (Å²) < 4.78 is 5.61. The van der Waals surface area contributed by atoms with Crippen LogP contribution in [-0.4, -0.2) is 39.1 Å². The van der Waals surface area contributed by atoms with Crippen LogP contribution in [0.2, 0.25) is 0 Å². The number of piperidine rings is 1. The van der Waals surface area contributed by atoms with Gasteiger partial charge in [-0.1, -0.05) is 6.92 Å². The number of nitro groups is 1. The Morgan fingerprint density at radius 1 is 1.57 bits per heavy atom. The molecule has 0 spiro atoms. The van der Waals surface area contributed by atoms with Crippen LogP contribution in [0.4, 0.5) is 5.69 Å². The standard InChI is InChI=1S/C14H17N3O4/c1-9-4-5-16(7-12(9)18)8-14-15-11-6-10(17(19)20)2-3-13(11)21-14/h2-3,6,9,12,18H,4-5,7-8H2,1H3. The smallest absolute Gasteiger partial charge is 0.271 e. The predicted octanol–water partition coefficient (Wildman–Crippen LogP) is 1.94. The molecule has 1 saturated heterocycles. The highest BCUT2D eigenvalue weighted by Gasteiger charge is 2.25. The van der Waals surface area contributed by atoms with Crippen LogP contribution < -0.4 is 0 Å². The van der Waals surface area contributed by atoms with Crippen molar-refractivity contribution in [1.29, 1.82) is 0 Å². The van der Waals surface area contributed by atoms with Crippen molar-refractivity contribution in [1.82, 2.24) is 9.88 Å². The van der Waals surface area contributed by atoms with Crippen LogP contribution in [0.15, 0.2) is 22.6 Å². The molecule has 21 heavy (non-hydrogen) atoms. The molecular formula is C14H17N3O4. The molecule has 1 aromatic carbocycles. The van der Waals surface area contributed by atoms with Crippen LogP contribution in [-0.2, 0) is 6.54 Å². The van der Waals surface area contributed by atoms with E-state index in [0.717, 1.165) is 13.0 Å². The van der Waals surface area contributed by atoms with Gasteiger partial charge in [-0.05, 0) is 24.9 Å². The van der Waals surface area contributed by atoms with E-state index in [1.165, 1.54) is 12.1 Å². The highest BCUT2D eigenvalue weighted by molar-refractivity contribution is 5.75. The monoisotopic (exact) mass is 291 g/mol. The fraction of sp³-hybridized carbons (Fsp3) is 0.500. The lowest BCUT2D eigenvalue weighted by Gasteiger charge is -2.33. The molecule has 7 heteroatoms. The fourth-order valence-corrected chi connectivity index (χ4v) is 2.59. The molecule has 2 unspecified atom stereocenters. The number of likely N-dealkylation sites (tertiary alicyclic amines) is 1. The second kappa shape index (κ2) is 5.42. The highest BCUT2D eigenvalue weighted by Crippen LogP contribution is 2.23. The first-order valence-electron chi connectivity index (χ1n) is 6.97. The zero-order chi connectivity index (χ0) is 15.0. The van der Waals surface area contributed by atoms with Crippen molar-refractivity contribution < 1.29 is 14.4 Å². The van der Waals surface area contributed by atoms with E-state index in [1.807, 2.05) is 6.92 Å². The van der Waals surface area contributed by atoms with E-state index < -0.39 is 4.92 Å². The Bertz CT molecular complexity index is 669. The van der Waals surface area contributed by atoms with Gasteiger partial charge < -0.3 is 9.52 Å². The van der Waals surface area contributed by atoms with Crippen molar-refractivity contribution >= 4 is 16.8 Å². The van der Waals surface area contributed by atoms with Gasteiger partial charge in [-0.15, -0.1) is 0 Å². The summed E-state index contributed by atoms with van der Waals surface area (Å²) in [5.41, 5.74) is 1.04. The molecule has 2 atom stereocenters. The number of aliphatic hydroxyl groups is 1. The summed E-state index contributed by atoms with van der Waals surface area (Å²) in [4.78, 5) is 16.7. The summed E-state index contributed by atoms with van der Waals surface area (Å²) in [5.74, 6) is 0.833. The Balaban J connectivity index is 1.77. The minimum Gasteiger partial charge on any atom is -0.439 e. The minimum absolute atomic E-state index is 0.00423. The molecule has 0 amide bonds. The van der Waals surface area contributed by atoms with Gasteiger partial charge in [-0.25, -0.2) is 4.98 Å². The molecule has 0 bridgehead atoms. The molecule has 1 fully saturated rings. The average Bonchev–Trinajstić information content (AvgIpc) is 2.84. The first-order valence-corrected chi connectivity index (χ1v) is 6.97.